The third kappa shape index (κ3) is 2.70. The molecule has 0 saturated heterocycles. The topological polar surface area (TPSA) is 118 Å². The number of rotatable bonds is 5. The molecule has 0 bridgehead atoms. The molecule has 0 aromatic heterocycles. The number of carbonyl (C=O) groups is 4. The van der Waals surface area contributed by atoms with E-state index >= 15 is 0 Å². The lowest BCUT2D eigenvalue weighted by Crippen LogP contribution is -2.16. The molecule has 0 aliphatic rings. The first kappa shape index (κ1) is 13.4. The Labute approximate surface area is 101 Å². The third-order valence-corrected chi connectivity index (χ3v) is 2.06. The molecule has 7 nitrogen and oxygen atoms in total. The largest absolute Gasteiger partial charge is 0.497 e. The minimum atomic E-state index is -1.71. The van der Waals surface area contributed by atoms with Crippen LogP contribution in [0, 0.1) is 0 Å². The van der Waals surface area contributed by atoms with Crippen molar-refractivity contribution in [1.29, 1.82) is 0 Å². The summed E-state index contributed by atoms with van der Waals surface area (Å²) in [6.07, 6.45) is 0. The third-order valence-electron chi connectivity index (χ3n) is 2.06. The van der Waals surface area contributed by atoms with E-state index < -0.39 is 23.5 Å². The highest BCUT2D eigenvalue weighted by atomic mass is 16.5. The first-order chi connectivity index (χ1) is 8.36. The molecule has 7 heteroatoms. The highest BCUT2D eigenvalue weighted by Crippen LogP contribution is 2.18. The Balaban J connectivity index is 3.34. The van der Waals surface area contributed by atoms with Gasteiger partial charge in [0, 0.05) is 11.1 Å². The maximum absolute atomic E-state index is 11.2. The number of hydrogen-bond donors (Lipinski definition) is 2. The van der Waals surface area contributed by atoms with E-state index in [1.165, 1.54) is 7.11 Å². The zero-order chi connectivity index (χ0) is 13.9. The average Bonchev–Trinajstić information content (AvgIpc) is 2.35. The maximum Gasteiger partial charge on any atom is 0.377 e. The second kappa shape index (κ2) is 5.09. The van der Waals surface area contributed by atoms with Gasteiger partial charge in [0.2, 0.25) is 0 Å². The lowest BCUT2D eigenvalue weighted by molar-refractivity contribution is -0.132. The lowest BCUT2D eigenvalue weighted by Gasteiger charge is -2.05. The van der Waals surface area contributed by atoms with Crippen LogP contribution in [0.25, 0.3) is 0 Å². The van der Waals surface area contributed by atoms with Crippen LogP contribution in [0.15, 0.2) is 18.2 Å². The van der Waals surface area contributed by atoms with Crippen molar-refractivity contribution in [3.63, 3.8) is 0 Å². The summed E-state index contributed by atoms with van der Waals surface area (Å²) in [5.41, 5.74) is -0.655. The number of carboxylic acid groups (broad SMARTS) is 2. The SMILES string of the molecule is COc1cc(C(=O)C(=O)O)cc(C(=O)C(=O)O)c1. The summed E-state index contributed by atoms with van der Waals surface area (Å²) < 4.78 is 4.77. The van der Waals surface area contributed by atoms with Crippen LogP contribution < -0.4 is 4.74 Å². The molecular formula is C11H8O7. The second-order valence-corrected chi connectivity index (χ2v) is 3.22. The van der Waals surface area contributed by atoms with Crippen LogP contribution in [-0.2, 0) is 9.59 Å². The zero-order valence-electron chi connectivity index (χ0n) is 9.17. The van der Waals surface area contributed by atoms with Gasteiger partial charge in [-0.25, -0.2) is 9.59 Å². The van der Waals surface area contributed by atoms with E-state index in [0.717, 1.165) is 18.2 Å². The average molecular weight is 252 g/mol. The number of ether oxygens (including phenoxy) is 1. The van der Waals surface area contributed by atoms with E-state index in [1.54, 1.807) is 0 Å². The molecule has 0 heterocycles. The summed E-state index contributed by atoms with van der Waals surface area (Å²) in [5.74, 6) is -5.91. The van der Waals surface area contributed by atoms with Gasteiger partial charge in [0.25, 0.3) is 11.6 Å². The summed E-state index contributed by atoms with van der Waals surface area (Å²) in [4.78, 5) is 43.5. The lowest BCUT2D eigenvalue weighted by atomic mass is 10.0. The van der Waals surface area contributed by atoms with Crippen LogP contribution in [-0.4, -0.2) is 40.8 Å². The van der Waals surface area contributed by atoms with Crippen LogP contribution in [0.1, 0.15) is 20.7 Å². The number of aliphatic carboxylic acids is 2. The standard InChI is InChI=1S/C11H8O7/c1-18-7-3-5(8(12)10(14)15)2-6(4-7)9(13)11(16)17/h2-4H,1H3,(H,14,15)(H,16,17). The van der Waals surface area contributed by atoms with Crippen molar-refractivity contribution in [1.82, 2.24) is 0 Å². The number of methoxy groups -OCH3 is 1. The molecule has 94 valence electrons. The molecule has 1 aromatic carbocycles. The molecular weight excluding hydrogens is 244 g/mol. The van der Waals surface area contributed by atoms with Crippen LogP contribution in [0.3, 0.4) is 0 Å². The molecule has 0 fully saturated rings. The Morgan fingerprint density at radius 2 is 1.28 bits per heavy atom. The van der Waals surface area contributed by atoms with Gasteiger partial charge < -0.3 is 14.9 Å². The summed E-state index contributed by atoms with van der Waals surface area (Å²) >= 11 is 0. The van der Waals surface area contributed by atoms with E-state index in [4.69, 9.17) is 14.9 Å². The Hall–Kier alpha value is -2.70. The molecule has 0 aliphatic carbocycles. The highest BCUT2D eigenvalue weighted by Gasteiger charge is 2.21. The van der Waals surface area contributed by atoms with Crippen molar-refractivity contribution < 1.29 is 34.1 Å². The molecule has 0 unspecified atom stereocenters. The van der Waals surface area contributed by atoms with Gasteiger partial charge in [-0.3, -0.25) is 9.59 Å². The molecule has 0 spiro atoms. The van der Waals surface area contributed by atoms with Gasteiger partial charge >= 0.3 is 11.9 Å². The van der Waals surface area contributed by atoms with Crippen molar-refractivity contribution in [2.24, 2.45) is 0 Å². The van der Waals surface area contributed by atoms with Crippen molar-refractivity contribution >= 4 is 23.5 Å². The van der Waals surface area contributed by atoms with Crippen molar-refractivity contribution in [3.8, 4) is 5.75 Å². The molecule has 2 N–H and O–H groups in total. The fourth-order valence-corrected chi connectivity index (χ4v) is 1.23. The van der Waals surface area contributed by atoms with Gasteiger partial charge in [-0.1, -0.05) is 0 Å². The first-order valence-electron chi connectivity index (χ1n) is 4.61. The van der Waals surface area contributed by atoms with Crippen LogP contribution >= 0.6 is 0 Å². The molecule has 0 saturated carbocycles. The number of hydrogen-bond acceptors (Lipinski definition) is 5. The summed E-state index contributed by atoms with van der Waals surface area (Å²) in [5, 5.41) is 17.1. The fraction of sp³-hybridized carbons (Fsp3) is 0.0909. The Bertz CT molecular complexity index is 500. The molecule has 18 heavy (non-hydrogen) atoms. The van der Waals surface area contributed by atoms with Crippen molar-refractivity contribution in [2.75, 3.05) is 7.11 Å². The van der Waals surface area contributed by atoms with E-state index in [2.05, 4.69) is 0 Å². The Kier molecular flexibility index (Phi) is 3.78. The predicted molar refractivity (Wildman–Crippen MR) is 56.9 cm³/mol. The normalized spacial score (nSPS) is 9.61. The summed E-state index contributed by atoms with van der Waals surface area (Å²) in [6, 6.07) is 3.11. The zero-order valence-corrected chi connectivity index (χ0v) is 9.17. The van der Waals surface area contributed by atoms with Crippen molar-refractivity contribution in [3.05, 3.63) is 29.3 Å². The number of ketones is 2. The van der Waals surface area contributed by atoms with E-state index in [-0.39, 0.29) is 16.9 Å². The minimum Gasteiger partial charge on any atom is -0.497 e. The van der Waals surface area contributed by atoms with E-state index in [1.807, 2.05) is 0 Å². The number of Topliss-reactive ketones (excluding diaryl/α,β-unsaturated/α-hetero) is 2. The summed E-state index contributed by atoms with van der Waals surface area (Å²) in [6.45, 7) is 0. The van der Waals surface area contributed by atoms with Gasteiger partial charge in [0.15, 0.2) is 0 Å². The Morgan fingerprint density at radius 1 is 0.889 bits per heavy atom. The van der Waals surface area contributed by atoms with Gasteiger partial charge in [-0.15, -0.1) is 0 Å². The molecule has 0 aliphatic heterocycles. The molecule has 0 amide bonds. The van der Waals surface area contributed by atoms with Gasteiger partial charge in [0.05, 0.1) is 7.11 Å². The van der Waals surface area contributed by atoms with Gasteiger partial charge in [0.1, 0.15) is 5.75 Å². The van der Waals surface area contributed by atoms with Crippen LogP contribution in [0.5, 0.6) is 5.75 Å². The summed E-state index contributed by atoms with van der Waals surface area (Å²) in [7, 11) is 1.24. The number of benzene rings is 1. The number of carbonyl (C=O) groups excluding carboxylic acids is 2. The highest BCUT2D eigenvalue weighted by molar-refractivity contribution is 6.42. The predicted octanol–water partition coefficient (Wildman–Crippen LogP) is 0.230. The van der Waals surface area contributed by atoms with Crippen LogP contribution in [0.4, 0.5) is 0 Å². The molecule has 1 aromatic rings. The maximum atomic E-state index is 11.2. The number of carboxylic acids is 2. The fourth-order valence-electron chi connectivity index (χ4n) is 1.23. The molecule has 1 rings (SSSR count). The van der Waals surface area contributed by atoms with Gasteiger partial charge in [-0.2, -0.15) is 0 Å². The smallest absolute Gasteiger partial charge is 0.377 e. The quantitative estimate of drug-likeness (QED) is 0.568. The monoisotopic (exact) mass is 252 g/mol. The second-order valence-electron chi connectivity index (χ2n) is 3.22. The van der Waals surface area contributed by atoms with Crippen LogP contribution in [0.2, 0.25) is 0 Å². The van der Waals surface area contributed by atoms with Gasteiger partial charge in [-0.05, 0) is 18.2 Å². The Morgan fingerprint density at radius 3 is 1.56 bits per heavy atom. The van der Waals surface area contributed by atoms with E-state index in [0.29, 0.717) is 0 Å². The first-order valence-corrected chi connectivity index (χ1v) is 4.61. The molecule has 0 radical (unpaired) electrons. The van der Waals surface area contributed by atoms with E-state index in [9.17, 15) is 19.2 Å². The minimum absolute atomic E-state index is 0.0201. The molecule has 0 atom stereocenters. The van der Waals surface area contributed by atoms with Crippen molar-refractivity contribution in [2.45, 2.75) is 0 Å².